The summed E-state index contributed by atoms with van der Waals surface area (Å²) in [6, 6.07) is 7.86. The molecule has 0 N–H and O–H groups in total. The zero-order valence-corrected chi connectivity index (χ0v) is 18.5. The summed E-state index contributed by atoms with van der Waals surface area (Å²) >= 11 is 3.44. The van der Waals surface area contributed by atoms with Gasteiger partial charge in [0.25, 0.3) is 0 Å². The normalized spacial score (nSPS) is 21.4. The zero-order chi connectivity index (χ0) is 20.2. The molecule has 29 heavy (non-hydrogen) atoms. The Morgan fingerprint density at radius 1 is 1.14 bits per heavy atom. The smallest absolute Gasteiger partial charge is 0.241 e. The second-order valence-electron chi connectivity index (χ2n) is 7.85. The number of aromatic nitrogens is 2. The quantitative estimate of drug-likeness (QED) is 0.681. The Kier molecular flexibility index (Phi) is 6.62. The van der Waals surface area contributed by atoms with Crippen molar-refractivity contribution in [3.8, 4) is 11.4 Å². The summed E-state index contributed by atoms with van der Waals surface area (Å²) in [6.07, 6.45) is 2.00. The summed E-state index contributed by atoms with van der Waals surface area (Å²) in [4.78, 5) is 24.3. The van der Waals surface area contributed by atoms with Crippen LogP contribution in [0.4, 0.5) is 0 Å². The monoisotopic (exact) mass is 461 g/mol. The molecular formula is C21H28BrN5O2. The van der Waals surface area contributed by atoms with E-state index in [2.05, 4.69) is 47.7 Å². The minimum absolute atomic E-state index is 0.0748. The van der Waals surface area contributed by atoms with Crippen molar-refractivity contribution in [2.45, 2.75) is 26.3 Å². The molecule has 156 valence electrons. The number of hydrogen-bond acceptors (Lipinski definition) is 6. The van der Waals surface area contributed by atoms with E-state index in [0.29, 0.717) is 24.2 Å². The zero-order valence-electron chi connectivity index (χ0n) is 16.9. The van der Waals surface area contributed by atoms with Gasteiger partial charge in [0.15, 0.2) is 0 Å². The van der Waals surface area contributed by atoms with E-state index in [4.69, 9.17) is 4.52 Å². The van der Waals surface area contributed by atoms with E-state index in [1.165, 1.54) is 0 Å². The summed E-state index contributed by atoms with van der Waals surface area (Å²) in [5, 5.41) is 4.12. The van der Waals surface area contributed by atoms with Crippen molar-refractivity contribution in [2.24, 2.45) is 5.92 Å². The molecule has 0 bridgehead atoms. The van der Waals surface area contributed by atoms with E-state index in [0.717, 1.165) is 68.7 Å². The van der Waals surface area contributed by atoms with Crippen molar-refractivity contribution in [3.05, 3.63) is 34.6 Å². The molecule has 8 heteroatoms. The fraction of sp³-hybridized carbons (Fsp3) is 0.571. The maximum atomic E-state index is 13.0. The van der Waals surface area contributed by atoms with E-state index in [1.54, 1.807) is 0 Å². The molecule has 0 saturated carbocycles. The molecule has 1 atom stereocenters. The molecule has 2 aromatic rings. The van der Waals surface area contributed by atoms with Crippen LogP contribution in [0.5, 0.6) is 0 Å². The van der Waals surface area contributed by atoms with Gasteiger partial charge in [-0.1, -0.05) is 28.0 Å². The minimum atomic E-state index is 0.0748. The molecule has 1 aromatic heterocycles. The lowest BCUT2D eigenvalue weighted by molar-refractivity contribution is -0.139. The van der Waals surface area contributed by atoms with Gasteiger partial charge in [-0.25, -0.2) is 0 Å². The van der Waals surface area contributed by atoms with Crippen LogP contribution in [0, 0.1) is 5.92 Å². The average Bonchev–Trinajstić information content (AvgIpc) is 3.22. The van der Waals surface area contributed by atoms with Gasteiger partial charge in [0.2, 0.25) is 17.6 Å². The van der Waals surface area contributed by atoms with Crippen LogP contribution in [-0.4, -0.2) is 76.6 Å². The summed E-state index contributed by atoms with van der Waals surface area (Å²) in [5.41, 5.74) is 0.932. The van der Waals surface area contributed by atoms with Crippen molar-refractivity contribution in [1.82, 2.24) is 24.8 Å². The number of piperidine rings is 1. The van der Waals surface area contributed by atoms with E-state index >= 15 is 0 Å². The van der Waals surface area contributed by atoms with Gasteiger partial charge in [-0.15, -0.1) is 0 Å². The SMILES string of the molecule is CCN1CCN(C(=O)C2CCCN(Cc3nc(-c4ccc(Br)cc4)no3)C2)CC1. The van der Waals surface area contributed by atoms with Crippen LogP contribution in [0.1, 0.15) is 25.7 Å². The van der Waals surface area contributed by atoms with Gasteiger partial charge >= 0.3 is 0 Å². The highest BCUT2D eigenvalue weighted by molar-refractivity contribution is 9.10. The number of nitrogens with zero attached hydrogens (tertiary/aromatic N) is 5. The standard InChI is InChI=1S/C21H28BrN5O2/c1-2-25-10-12-27(13-11-25)21(28)17-4-3-9-26(14-17)15-19-23-20(24-29-19)16-5-7-18(22)8-6-16/h5-8,17H,2-4,9-15H2,1H3. The Balaban J connectivity index is 1.33. The van der Waals surface area contributed by atoms with Gasteiger partial charge in [0, 0.05) is 42.8 Å². The largest absolute Gasteiger partial charge is 0.340 e. The second-order valence-corrected chi connectivity index (χ2v) is 8.77. The number of likely N-dealkylation sites (N-methyl/N-ethyl adjacent to an activating group) is 1. The lowest BCUT2D eigenvalue weighted by Gasteiger charge is -2.38. The van der Waals surface area contributed by atoms with Gasteiger partial charge in [0.05, 0.1) is 12.5 Å². The Labute approximate surface area is 180 Å². The summed E-state index contributed by atoms with van der Waals surface area (Å²) < 4.78 is 6.49. The molecular weight excluding hydrogens is 434 g/mol. The van der Waals surface area contributed by atoms with Crippen LogP contribution in [0.25, 0.3) is 11.4 Å². The Morgan fingerprint density at radius 2 is 1.90 bits per heavy atom. The van der Waals surface area contributed by atoms with Crippen LogP contribution in [0.3, 0.4) is 0 Å². The van der Waals surface area contributed by atoms with Gasteiger partial charge in [-0.05, 0) is 50.2 Å². The number of amides is 1. The fourth-order valence-electron chi connectivity index (χ4n) is 4.17. The van der Waals surface area contributed by atoms with Crippen LogP contribution in [0.15, 0.2) is 33.3 Å². The molecule has 1 unspecified atom stereocenters. The molecule has 2 fully saturated rings. The third kappa shape index (κ3) is 5.05. The summed E-state index contributed by atoms with van der Waals surface area (Å²) in [5.74, 6) is 1.59. The Hall–Kier alpha value is -1.77. The number of carbonyl (C=O) groups is 1. The van der Waals surface area contributed by atoms with E-state index < -0.39 is 0 Å². The molecule has 1 amide bonds. The molecule has 0 radical (unpaired) electrons. The predicted molar refractivity (Wildman–Crippen MR) is 114 cm³/mol. The third-order valence-corrected chi connectivity index (χ3v) is 6.44. The molecule has 0 aliphatic carbocycles. The maximum Gasteiger partial charge on any atom is 0.241 e. The van der Waals surface area contributed by atoms with Gasteiger partial charge in [-0.3, -0.25) is 9.69 Å². The van der Waals surface area contributed by atoms with Crippen molar-refractivity contribution in [3.63, 3.8) is 0 Å². The Bertz CT molecular complexity index is 817. The van der Waals surface area contributed by atoms with Gasteiger partial charge in [-0.2, -0.15) is 4.98 Å². The van der Waals surface area contributed by atoms with E-state index in [-0.39, 0.29) is 5.92 Å². The van der Waals surface area contributed by atoms with Crippen LogP contribution in [0.2, 0.25) is 0 Å². The van der Waals surface area contributed by atoms with Crippen molar-refractivity contribution in [2.75, 3.05) is 45.8 Å². The predicted octanol–water partition coefficient (Wildman–Crippen LogP) is 2.88. The van der Waals surface area contributed by atoms with Gasteiger partial charge < -0.3 is 14.3 Å². The van der Waals surface area contributed by atoms with E-state index in [9.17, 15) is 4.79 Å². The van der Waals surface area contributed by atoms with Crippen LogP contribution < -0.4 is 0 Å². The average molecular weight is 462 g/mol. The molecule has 4 rings (SSSR count). The van der Waals surface area contributed by atoms with Crippen molar-refractivity contribution in [1.29, 1.82) is 0 Å². The molecule has 3 heterocycles. The van der Waals surface area contributed by atoms with Crippen LogP contribution in [-0.2, 0) is 11.3 Å². The van der Waals surface area contributed by atoms with Crippen molar-refractivity contribution < 1.29 is 9.32 Å². The number of rotatable bonds is 5. The first-order valence-electron chi connectivity index (χ1n) is 10.4. The number of piperazine rings is 1. The molecule has 2 aliphatic heterocycles. The topological polar surface area (TPSA) is 65.7 Å². The fourth-order valence-corrected chi connectivity index (χ4v) is 4.43. The highest BCUT2D eigenvalue weighted by Gasteiger charge is 2.31. The number of halogens is 1. The highest BCUT2D eigenvalue weighted by Crippen LogP contribution is 2.23. The Morgan fingerprint density at radius 3 is 2.62 bits per heavy atom. The summed E-state index contributed by atoms with van der Waals surface area (Å²) in [6.45, 7) is 9.23. The van der Waals surface area contributed by atoms with Gasteiger partial charge in [0.1, 0.15) is 0 Å². The molecule has 0 spiro atoms. The number of benzene rings is 1. The molecule has 2 saturated heterocycles. The number of carbonyl (C=O) groups excluding carboxylic acids is 1. The lowest BCUT2D eigenvalue weighted by Crippen LogP contribution is -2.52. The lowest BCUT2D eigenvalue weighted by atomic mass is 9.96. The number of hydrogen-bond donors (Lipinski definition) is 0. The minimum Gasteiger partial charge on any atom is -0.340 e. The van der Waals surface area contributed by atoms with Crippen molar-refractivity contribution >= 4 is 21.8 Å². The number of likely N-dealkylation sites (tertiary alicyclic amines) is 1. The molecule has 1 aromatic carbocycles. The second kappa shape index (κ2) is 9.36. The first-order chi connectivity index (χ1) is 14.1. The third-order valence-electron chi connectivity index (χ3n) is 5.92. The maximum absolute atomic E-state index is 13.0. The first kappa shape index (κ1) is 20.5. The molecule has 2 aliphatic rings. The first-order valence-corrected chi connectivity index (χ1v) is 11.2. The summed E-state index contributed by atoms with van der Waals surface area (Å²) in [7, 11) is 0. The highest BCUT2D eigenvalue weighted by atomic mass is 79.9. The van der Waals surface area contributed by atoms with Crippen LogP contribution >= 0.6 is 15.9 Å². The molecule has 7 nitrogen and oxygen atoms in total. The van der Waals surface area contributed by atoms with E-state index in [1.807, 2.05) is 24.3 Å².